The Morgan fingerprint density at radius 3 is 2.33 bits per heavy atom. The van der Waals surface area contributed by atoms with Crippen LogP contribution < -0.4 is 10.2 Å². The van der Waals surface area contributed by atoms with Crippen LogP contribution in [-0.2, 0) is 6.18 Å². The zero-order chi connectivity index (χ0) is 11.6. The van der Waals surface area contributed by atoms with Crippen molar-refractivity contribution < 1.29 is 13.2 Å². The van der Waals surface area contributed by atoms with E-state index >= 15 is 0 Å². The Bertz CT molecular complexity index is 368. The van der Waals surface area contributed by atoms with Gasteiger partial charge in [-0.3, -0.25) is 4.98 Å². The number of aromatic nitrogens is 1. The summed E-state index contributed by atoms with van der Waals surface area (Å²) in [6.45, 7) is 2.60. The molecule has 1 N–H and O–H groups in total. The lowest BCUT2D eigenvalue weighted by Gasteiger charge is -2.31. The Labute approximate surface area is 116 Å². The minimum atomic E-state index is -4.34. The number of nitrogens with one attached hydrogen (secondary N) is 1. The zero-order valence-corrected chi connectivity index (χ0v) is 11.0. The second-order valence-corrected chi connectivity index (χ2v) is 3.63. The van der Waals surface area contributed by atoms with E-state index in [0.29, 0.717) is 26.2 Å². The van der Waals surface area contributed by atoms with Gasteiger partial charge in [-0.05, 0) is 6.07 Å². The number of hydrogen-bond donors (Lipinski definition) is 1. The van der Waals surface area contributed by atoms with Crippen molar-refractivity contribution in [2.45, 2.75) is 6.18 Å². The molecule has 0 atom stereocenters. The summed E-state index contributed by atoms with van der Waals surface area (Å²) in [6.07, 6.45) is -2.06. The molecule has 8 heteroatoms. The largest absolute Gasteiger partial charge is 0.419 e. The molecule has 0 amide bonds. The van der Waals surface area contributed by atoms with Gasteiger partial charge in [-0.1, -0.05) is 0 Å². The van der Waals surface area contributed by atoms with Gasteiger partial charge in [0.25, 0.3) is 0 Å². The van der Waals surface area contributed by atoms with Gasteiger partial charge < -0.3 is 10.2 Å². The summed E-state index contributed by atoms with van der Waals surface area (Å²) in [6, 6.07) is 1.42. The molecule has 104 valence electrons. The molecule has 2 rings (SSSR count). The average Bonchev–Trinajstić information content (AvgIpc) is 2.29. The van der Waals surface area contributed by atoms with E-state index in [0.717, 1.165) is 6.20 Å². The van der Waals surface area contributed by atoms with Gasteiger partial charge in [-0.15, -0.1) is 24.8 Å². The van der Waals surface area contributed by atoms with Crippen LogP contribution in [0.2, 0.25) is 0 Å². The average molecular weight is 304 g/mol. The molecule has 1 fully saturated rings. The zero-order valence-electron chi connectivity index (χ0n) is 9.41. The molecule has 0 saturated carbocycles. The number of halogens is 5. The molecular formula is C10H14Cl2F3N3. The minimum absolute atomic E-state index is 0. The molecule has 2 heterocycles. The van der Waals surface area contributed by atoms with Crippen LogP contribution in [0, 0.1) is 0 Å². The van der Waals surface area contributed by atoms with E-state index in [9.17, 15) is 13.2 Å². The van der Waals surface area contributed by atoms with Gasteiger partial charge in [-0.25, -0.2) is 0 Å². The van der Waals surface area contributed by atoms with E-state index in [1.807, 2.05) is 0 Å². The fraction of sp³-hybridized carbons (Fsp3) is 0.500. The maximum atomic E-state index is 12.7. The lowest BCUT2D eigenvalue weighted by Crippen LogP contribution is -2.44. The molecule has 0 aliphatic carbocycles. The highest BCUT2D eigenvalue weighted by atomic mass is 35.5. The Kier molecular flexibility index (Phi) is 6.73. The molecule has 0 aromatic carbocycles. The molecule has 1 aromatic rings. The molecule has 0 bridgehead atoms. The second kappa shape index (κ2) is 7.01. The topological polar surface area (TPSA) is 28.2 Å². The summed E-state index contributed by atoms with van der Waals surface area (Å²) >= 11 is 0. The fourth-order valence-electron chi connectivity index (χ4n) is 1.79. The Morgan fingerprint density at radius 2 is 1.78 bits per heavy atom. The molecule has 1 aromatic heterocycles. The van der Waals surface area contributed by atoms with Crippen molar-refractivity contribution in [3.63, 3.8) is 0 Å². The first-order valence-electron chi connectivity index (χ1n) is 5.06. The van der Waals surface area contributed by atoms with Gasteiger partial charge in [0.2, 0.25) is 0 Å². The van der Waals surface area contributed by atoms with Crippen molar-refractivity contribution >= 4 is 30.5 Å². The first-order chi connectivity index (χ1) is 7.59. The van der Waals surface area contributed by atoms with Crippen molar-refractivity contribution in [1.29, 1.82) is 0 Å². The molecule has 3 nitrogen and oxygen atoms in total. The van der Waals surface area contributed by atoms with Gasteiger partial charge in [0, 0.05) is 38.6 Å². The van der Waals surface area contributed by atoms with E-state index in [4.69, 9.17) is 0 Å². The highest BCUT2D eigenvalue weighted by Crippen LogP contribution is 2.35. The van der Waals surface area contributed by atoms with E-state index in [-0.39, 0.29) is 30.5 Å². The number of hydrogen-bond acceptors (Lipinski definition) is 3. The monoisotopic (exact) mass is 303 g/mol. The minimum Gasteiger partial charge on any atom is -0.368 e. The standard InChI is InChI=1S/C10H12F3N3.2ClH/c11-10(12,13)8-7-15-2-1-9(8)16-5-3-14-4-6-16;;/h1-2,7,14H,3-6H2;2*1H. The van der Waals surface area contributed by atoms with Crippen molar-refractivity contribution in [3.8, 4) is 0 Å². The highest BCUT2D eigenvalue weighted by Gasteiger charge is 2.35. The third-order valence-corrected chi connectivity index (χ3v) is 2.56. The fourth-order valence-corrected chi connectivity index (χ4v) is 1.79. The van der Waals surface area contributed by atoms with Gasteiger partial charge in [0.15, 0.2) is 0 Å². The smallest absolute Gasteiger partial charge is 0.368 e. The number of piperazine rings is 1. The molecule has 0 spiro atoms. The van der Waals surface area contributed by atoms with Gasteiger partial charge in [0.1, 0.15) is 0 Å². The summed E-state index contributed by atoms with van der Waals surface area (Å²) in [5.41, 5.74) is -0.430. The van der Waals surface area contributed by atoms with Crippen LogP contribution in [0.15, 0.2) is 18.5 Å². The Morgan fingerprint density at radius 1 is 1.17 bits per heavy atom. The van der Waals surface area contributed by atoms with E-state index in [1.54, 1.807) is 4.90 Å². The van der Waals surface area contributed by atoms with E-state index in [2.05, 4.69) is 10.3 Å². The number of rotatable bonds is 1. The summed E-state index contributed by atoms with van der Waals surface area (Å²) < 4.78 is 38.2. The number of nitrogens with zero attached hydrogens (tertiary/aromatic N) is 2. The van der Waals surface area contributed by atoms with Crippen molar-refractivity contribution in [2.24, 2.45) is 0 Å². The Hall–Kier alpha value is -0.720. The summed E-state index contributed by atoms with van der Waals surface area (Å²) in [5.74, 6) is 0. The molecule has 1 aliphatic rings. The van der Waals surface area contributed by atoms with Crippen LogP contribution >= 0.6 is 24.8 Å². The maximum absolute atomic E-state index is 12.7. The predicted molar refractivity (Wildman–Crippen MR) is 68.8 cm³/mol. The third-order valence-electron chi connectivity index (χ3n) is 2.56. The SMILES string of the molecule is Cl.Cl.FC(F)(F)c1cnccc1N1CCNCC1. The van der Waals surface area contributed by atoms with Crippen LogP contribution in [0.1, 0.15) is 5.56 Å². The second-order valence-electron chi connectivity index (χ2n) is 3.63. The van der Waals surface area contributed by atoms with Crippen LogP contribution in [0.3, 0.4) is 0 Å². The highest BCUT2D eigenvalue weighted by molar-refractivity contribution is 5.85. The van der Waals surface area contributed by atoms with Crippen molar-refractivity contribution in [2.75, 3.05) is 31.1 Å². The van der Waals surface area contributed by atoms with E-state index < -0.39 is 11.7 Å². The lowest BCUT2D eigenvalue weighted by atomic mass is 10.2. The first-order valence-corrected chi connectivity index (χ1v) is 5.06. The van der Waals surface area contributed by atoms with Crippen LogP contribution in [0.4, 0.5) is 18.9 Å². The van der Waals surface area contributed by atoms with Crippen LogP contribution in [-0.4, -0.2) is 31.2 Å². The molecule has 1 aliphatic heterocycles. The van der Waals surface area contributed by atoms with Gasteiger partial charge in [0.05, 0.1) is 11.3 Å². The molecule has 0 radical (unpaired) electrons. The number of alkyl halides is 3. The lowest BCUT2D eigenvalue weighted by molar-refractivity contribution is -0.137. The molecular weight excluding hydrogens is 290 g/mol. The summed E-state index contributed by atoms with van der Waals surface area (Å²) in [7, 11) is 0. The maximum Gasteiger partial charge on any atom is 0.419 e. The molecule has 18 heavy (non-hydrogen) atoms. The predicted octanol–water partition coefficient (Wildman–Crippen LogP) is 2.35. The summed E-state index contributed by atoms with van der Waals surface area (Å²) in [4.78, 5) is 5.28. The molecule has 0 unspecified atom stereocenters. The number of anilines is 1. The normalized spacial score (nSPS) is 15.6. The number of pyridine rings is 1. The summed E-state index contributed by atoms with van der Waals surface area (Å²) in [5, 5.41) is 3.10. The van der Waals surface area contributed by atoms with Gasteiger partial charge >= 0.3 is 6.18 Å². The van der Waals surface area contributed by atoms with E-state index in [1.165, 1.54) is 12.3 Å². The quantitative estimate of drug-likeness (QED) is 0.863. The first kappa shape index (κ1) is 17.3. The van der Waals surface area contributed by atoms with Crippen molar-refractivity contribution in [1.82, 2.24) is 10.3 Å². The van der Waals surface area contributed by atoms with Crippen LogP contribution in [0.5, 0.6) is 0 Å². The van der Waals surface area contributed by atoms with Crippen LogP contribution in [0.25, 0.3) is 0 Å². The Balaban J connectivity index is 0.00000144. The van der Waals surface area contributed by atoms with Gasteiger partial charge in [-0.2, -0.15) is 13.2 Å². The van der Waals surface area contributed by atoms with Crippen molar-refractivity contribution in [3.05, 3.63) is 24.0 Å². The third kappa shape index (κ3) is 3.90. The molecule has 1 saturated heterocycles.